The Morgan fingerprint density at radius 2 is 1.59 bits per heavy atom. The zero-order valence-corrected chi connectivity index (χ0v) is 22.4. The van der Waals surface area contributed by atoms with Gasteiger partial charge in [-0.15, -0.1) is 0 Å². The van der Waals surface area contributed by atoms with E-state index in [0.717, 1.165) is 42.2 Å². The number of hydrogen-bond acceptors (Lipinski definition) is 4. The number of nitrogens with zero attached hydrogens (tertiary/aromatic N) is 2. The Balaban J connectivity index is 1.83. The molecular weight excluding hydrogens is 546 g/mol. The molecule has 2 amide bonds. The van der Waals surface area contributed by atoms with Crippen LogP contribution >= 0.6 is 11.8 Å². The number of ether oxygens (including phenoxy) is 1. The molecule has 0 radical (unpaired) electrons. The summed E-state index contributed by atoms with van der Waals surface area (Å²) < 4.78 is 86.3. The third-order valence-electron chi connectivity index (χ3n) is 7.12. The van der Waals surface area contributed by atoms with Gasteiger partial charge in [0.1, 0.15) is 0 Å². The van der Waals surface area contributed by atoms with Gasteiger partial charge in [0, 0.05) is 12.6 Å². The second-order valence-electron chi connectivity index (χ2n) is 9.71. The van der Waals surface area contributed by atoms with Crippen molar-refractivity contribution in [3.8, 4) is 0 Å². The summed E-state index contributed by atoms with van der Waals surface area (Å²) in [6, 6.07) is 4.04. The van der Waals surface area contributed by atoms with Crippen LogP contribution in [0.5, 0.6) is 0 Å². The minimum atomic E-state index is -5.00. The van der Waals surface area contributed by atoms with E-state index in [-0.39, 0.29) is 24.7 Å². The quantitative estimate of drug-likeness (QED) is 0.348. The van der Waals surface area contributed by atoms with E-state index in [2.05, 4.69) is 0 Å². The minimum Gasteiger partial charge on any atom is -0.449 e. The van der Waals surface area contributed by atoms with E-state index in [0.29, 0.717) is 23.4 Å². The smallest absolute Gasteiger partial charge is 0.416 e. The summed E-state index contributed by atoms with van der Waals surface area (Å²) in [5.41, 5.74) is 0.102. The Morgan fingerprint density at radius 1 is 1.00 bits per heavy atom. The molecule has 2 aromatic carbocycles. The highest BCUT2D eigenvalue weighted by Gasteiger charge is 2.41. The van der Waals surface area contributed by atoms with Crippen LogP contribution in [0, 0.1) is 0 Å². The van der Waals surface area contributed by atoms with Crippen molar-refractivity contribution in [2.45, 2.75) is 70.5 Å². The molecule has 0 fully saturated rings. The number of benzene rings is 2. The maximum Gasteiger partial charge on any atom is 0.416 e. The van der Waals surface area contributed by atoms with Crippen molar-refractivity contribution in [3.63, 3.8) is 0 Å². The van der Waals surface area contributed by atoms with Crippen LogP contribution in [0.3, 0.4) is 0 Å². The van der Waals surface area contributed by atoms with Crippen LogP contribution in [0.4, 0.5) is 41.6 Å². The lowest BCUT2D eigenvalue weighted by Crippen LogP contribution is -2.47. The van der Waals surface area contributed by atoms with Gasteiger partial charge in [-0.05, 0) is 92.3 Å². The van der Waals surface area contributed by atoms with E-state index in [4.69, 9.17) is 4.74 Å². The van der Waals surface area contributed by atoms with Crippen LogP contribution in [-0.2, 0) is 36.5 Å². The zero-order valence-electron chi connectivity index (χ0n) is 21.6. The van der Waals surface area contributed by atoms with Crippen LogP contribution in [-0.4, -0.2) is 35.1 Å². The molecule has 4 rings (SSSR count). The molecule has 5 nitrogen and oxygen atoms in total. The molecule has 0 unspecified atom stereocenters. The van der Waals surface area contributed by atoms with Gasteiger partial charge < -0.3 is 9.64 Å². The van der Waals surface area contributed by atoms with Gasteiger partial charge in [-0.3, -0.25) is 9.69 Å². The topological polar surface area (TPSA) is 49.9 Å². The lowest BCUT2D eigenvalue weighted by Gasteiger charge is -2.43. The molecule has 0 N–H and O–H groups in total. The highest BCUT2D eigenvalue weighted by molar-refractivity contribution is 8.12. The number of hydrogen-bond donors (Lipinski definition) is 0. The first-order valence-corrected chi connectivity index (χ1v) is 13.7. The van der Waals surface area contributed by atoms with Crippen molar-refractivity contribution in [1.82, 2.24) is 4.90 Å². The summed E-state index contributed by atoms with van der Waals surface area (Å²) in [6.07, 6.45) is -6.31. The predicted octanol–water partition coefficient (Wildman–Crippen LogP) is 7.99. The fourth-order valence-electron chi connectivity index (χ4n) is 5.39. The van der Waals surface area contributed by atoms with Gasteiger partial charge >= 0.3 is 18.4 Å². The number of carbonyl (C=O) groups is 2. The van der Waals surface area contributed by atoms with Crippen molar-refractivity contribution in [2.24, 2.45) is 0 Å². The van der Waals surface area contributed by atoms with E-state index < -0.39 is 53.4 Å². The molecule has 0 bridgehead atoms. The van der Waals surface area contributed by atoms with Gasteiger partial charge in [-0.25, -0.2) is 4.79 Å². The third kappa shape index (κ3) is 6.00. The van der Waals surface area contributed by atoms with Gasteiger partial charge in [0.25, 0.3) is 5.24 Å². The molecular formula is C27H28F6N2O3S. The number of alkyl halides is 6. The van der Waals surface area contributed by atoms with Gasteiger partial charge in [0.2, 0.25) is 0 Å². The number of thioether (sulfide) groups is 1. The standard InChI is InChI=1S/C27H28F6N2O3S/c1-4-38-24(36)35-15(2)8-22(21-11-17-6-5-7-18(17)12-23(21)35)34(25(37)39-3)14-16-9-19(26(28,29)30)13-20(10-16)27(31,32)33/h9-13,15,22H,4-8,14H2,1-3H3/t15-,22+/m0/s1. The molecule has 0 spiro atoms. The summed E-state index contributed by atoms with van der Waals surface area (Å²) >= 11 is 0.819. The van der Waals surface area contributed by atoms with Crippen LogP contribution in [0.15, 0.2) is 30.3 Å². The largest absolute Gasteiger partial charge is 0.449 e. The van der Waals surface area contributed by atoms with E-state index in [1.807, 2.05) is 12.1 Å². The molecule has 1 aliphatic heterocycles. The first kappa shape index (κ1) is 29.1. The molecule has 39 heavy (non-hydrogen) atoms. The van der Waals surface area contributed by atoms with Crippen molar-refractivity contribution in [2.75, 3.05) is 17.8 Å². The molecule has 212 valence electrons. The highest BCUT2D eigenvalue weighted by Crippen LogP contribution is 2.45. The third-order valence-corrected chi connectivity index (χ3v) is 7.70. The Morgan fingerprint density at radius 3 is 2.13 bits per heavy atom. The molecule has 12 heteroatoms. The summed E-state index contributed by atoms with van der Waals surface area (Å²) in [5, 5.41) is -0.505. The van der Waals surface area contributed by atoms with E-state index >= 15 is 0 Å². The Kier molecular flexibility index (Phi) is 8.16. The number of fused-ring (bicyclic) bond motifs is 2. The number of anilines is 1. The molecule has 2 atom stereocenters. The lowest BCUT2D eigenvalue weighted by molar-refractivity contribution is -0.143. The van der Waals surface area contributed by atoms with E-state index in [1.165, 1.54) is 16.1 Å². The second kappa shape index (κ2) is 10.9. The maximum atomic E-state index is 13.5. The average molecular weight is 575 g/mol. The maximum absolute atomic E-state index is 13.5. The van der Waals surface area contributed by atoms with Crippen molar-refractivity contribution in [3.05, 3.63) is 63.7 Å². The van der Waals surface area contributed by atoms with Crippen LogP contribution < -0.4 is 4.90 Å². The Labute approximate surface area is 226 Å². The first-order chi connectivity index (χ1) is 18.2. The second-order valence-corrected chi connectivity index (χ2v) is 10.5. The number of rotatable bonds is 4. The first-order valence-electron chi connectivity index (χ1n) is 12.5. The molecule has 0 saturated carbocycles. The molecule has 1 heterocycles. The average Bonchev–Trinajstić information content (AvgIpc) is 3.31. The normalized spacial score (nSPS) is 18.9. The van der Waals surface area contributed by atoms with Crippen molar-refractivity contribution >= 4 is 28.8 Å². The van der Waals surface area contributed by atoms with Crippen LogP contribution in [0.25, 0.3) is 0 Å². The molecule has 1 aliphatic carbocycles. The lowest BCUT2D eigenvalue weighted by atomic mass is 9.88. The molecule has 2 aliphatic rings. The number of amides is 2. The van der Waals surface area contributed by atoms with Crippen LogP contribution in [0.2, 0.25) is 0 Å². The van der Waals surface area contributed by atoms with Gasteiger partial charge in [0.05, 0.1) is 29.5 Å². The molecule has 0 aromatic heterocycles. The SMILES string of the molecule is CCOC(=O)N1c2cc3c(cc2[C@H](N(Cc2cc(C(F)(F)F)cc(C(F)(F)F)c2)C(=O)SC)C[C@@H]1C)CCC3. The van der Waals surface area contributed by atoms with Crippen molar-refractivity contribution < 1.29 is 40.7 Å². The van der Waals surface area contributed by atoms with E-state index in [1.54, 1.807) is 13.8 Å². The summed E-state index contributed by atoms with van der Waals surface area (Å²) in [4.78, 5) is 28.9. The Hall–Kier alpha value is -2.89. The Bertz CT molecular complexity index is 1230. The molecule has 0 saturated heterocycles. The minimum absolute atomic E-state index is 0.0722. The zero-order chi connectivity index (χ0) is 28.7. The molecule has 2 aromatic rings. The summed E-state index contributed by atoms with van der Waals surface area (Å²) in [6.45, 7) is 3.13. The number of aryl methyl sites for hydroxylation is 2. The van der Waals surface area contributed by atoms with Gasteiger partial charge in [-0.2, -0.15) is 26.3 Å². The van der Waals surface area contributed by atoms with E-state index in [9.17, 15) is 35.9 Å². The summed E-state index contributed by atoms with van der Waals surface area (Å²) in [7, 11) is 0. The van der Waals surface area contributed by atoms with Crippen LogP contribution in [0.1, 0.15) is 66.1 Å². The monoisotopic (exact) mass is 574 g/mol. The van der Waals surface area contributed by atoms with Crippen molar-refractivity contribution in [1.29, 1.82) is 0 Å². The fourth-order valence-corrected chi connectivity index (χ4v) is 5.82. The number of halogens is 6. The summed E-state index contributed by atoms with van der Waals surface area (Å²) in [5.74, 6) is 0. The van der Waals surface area contributed by atoms with Gasteiger partial charge in [-0.1, -0.05) is 17.8 Å². The highest BCUT2D eigenvalue weighted by atomic mass is 32.2. The number of carbonyl (C=O) groups excluding carboxylic acids is 2. The predicted molar refractivity (Wildman–Crippen MR) is 136 cm³/mol. The fraction of sp³-hybridized carbons (Fsp3) is 0.481. The van der Waals surface area contributed by atoms with Gasteiger partial charge in [0.15, 0.2) is 0 Å².